The predicted molar refractivity (Wildman–Crippen MR) is 115 cm³/mol. The van der Waals surface area contributed by atoms with Gasteiger partial charge in [-0.2, -0.15) is 4.98 Å². The molecule has 0 unspecified atom stereocenters. The van der Waals surface area contributed by atoms with Gasteiger partial charge < -0.3 is 4.52 Å². The van der Waals surface area contributed by atoms with Gasteiger partial charge in [0.05, 0.1) is 22.3 Å². The van der Waals surface area contributed by atoms with Crippen LogP contribution in [0.1, 0.15) is 38.0 Å². The van der Waals surface area contributed by atoms with Crippen molar-refractivity contribution >= 4 is 22.7 Å². The lowest BCUT2D eigenvalue weighted by molar-refractivity contribution is 0.319. The van der Waals surface area contributed by atoms with Gasteiger partial charge in [-0.05, 0) is 31.2 Å². The number of hydrogen-bond acceptors (Lipinski definition) is 6. The number of hydrogen-bond donors (Lipinski definition) is 0. The lowest BCUT2D eigenvalue weighted by atomic mass is 9.97. The molecule has 0 fully saturated rings. The van der Waals surface area contributed by atoms with Crippen LogP contribution in [0.5, 0.6) is 0 Å². The van der Waals surface area contributed by atoms with E-state index in [1.165, 1.54) is 11.8 Å². The Labute approximate surface area is 173 Å². The summed E-state index contributed by atoms with van der Waals surface area (Å²) in [4.78, 5) is 22.5. The molecule has 0 amide bonds. The average Bonchev–Trinajstić information content (AvgIpc) is 3.17. The summed E-state index contributed by atoms with van der Waals surface area (Å²) in [6, 6.07) is 15.2. The Bertz CT molecular complexity index is 1220. The smallest absolute Gasteiger partial charge is 0.266 e. The van der Waals surface area contributed by atoms with Crippen molar-refractivity contribution in [2.75, 3.05) is 0 Å². The van der Waals surface area contributed by atoms with Crippen molar-refractivity contribution < 1.29 is 4.52 Å². The van der Waals surface area contributed by atoms with Gasteiger partial charge >= 0.3 is 0 Å². The summed E-state index contributed by atoms with van der Waals surface area (Å²) in [5.41, 5.74) is 2.29. The maximum absolute atomic E-state index is 13.2. The van der Waals surface area contributed by atoms with Crippen LogP contribution in [0.2, 0.25) is 0 Å². The fourth-order valence-electron chi connectivity index (χ4n) is 2.88. The van der Waals surface area contributed by atoms with E-state index >= 15 is 0 Å². The fraction of sp³-hybridized carbons (Fsp3) is 0.273. The monoisotopic (exact) mass is 406 g/mol. The van der Waals surface area contributed by atoms with Crippen LogP contribution in [0.15, 0.2) is 63.0 Å². The van der Waals surface area contributed by atoms with Crippen LogP contribution < -0.4 is 5.56 Å². The van der Waals surface area contributed by atoms with Crippen LogP contribution in [0.4, 0.5) is 0 Å². The van der Waals surface area contributed by atoms with Crippen molar-refractivity contribution in [2.24, 2.45) is 0 Å². The normalized spacial score (nSPS) is 11.9. The van der Waals surface area contributed by atoms with E-state index in [1.807, 2.05) is 70.2 Å². The Kier molecular flexibility index (Phi) is 5.00. The average molecular weight is 407 g/mol. The summed E-state index contributed by atoms with van der Waals surface area (Å²) < 4.78 is 7.03. The molecule has 0 aliphatic carbocycles. The summed E-state index contributed by atoms with van der Waals surface area (Å²) >= 11 is 1.42. The van der Waals surface area contributed by atoms with Crippen molar-refractivity contribution in [1.82, 2.24) is 19.7 Å². The molecule has 0 spiro atoms. The third-order valence-corrected chi connectivity index (χ3v) is 5.41. The van der Waals surface area contributed by atoms with Gasteiger partial charge in [-0.1, -0.05) is 67.5 Å². The molecule has 0 N–H and O–H groups in total. The standard InChI is InChI=1S/C22H22N4O2S/c1-14-9-11-15(12-10-14)26-19(27)16-7-5-6-8-17(16)23-21(26)29-13-18-24-20(28-25-18)22(2,3)4/h5-12H,13H2,1-4H3. The van der Waals surface area contributed by atoms with E-state index in [-0.39, 0.29) is 11.0 Å². The second kappa shape index (κ2) is 7.48. The Hall–Kier alpha value is -2.93. The van der Waals surface area contributed by atoms with Crippen molar-refractivity contribution in [2.45, 2.75) is 44.0 Å². The van der Waals surface area contributed by atoms with E-state index < -0.39 is 0 Å². The number of rotatable bonds is 4. The first kappa shape index (κ1) is 19.4. The molecule has 29 heavy (non-hydrogen) atoms. The molecule has 0 bridgehead atoms. The van der Waals surface area contributed by atoms with Gasteiger partial charge in [-0.25, -0.2) is 4.98 Å². The Morgan fingerprint density at radius 3 is 2.45 bits per heavy atom. The molecule has 0 saturated heterocycles. The highest BCUT2D eigenvalue weighted by Crippen LogP contribution is 2.26. The first-order valence-corrected chi connectivity index (χ1v) is 10.4. The highest BCUT2D eigenvalue weighted by molar-refractivity contribution is 7.98. The van der Waals surface area contributed by atoms with E-state index in [0.717, 1.165) is 11.3 Å². The van der Waals surface area contributed by atoms with Crippen molar-refractivity contribution in [3.05, 3.63) is 76.2 Å². The molecule has 7 heteroatoms. The van der Waals surface area contributed by atoms with Crippen LogP contribution in [-0.2, 0) is 11.2 Å². The minimum Gasteiger partial charge on any atom is -0.339 e. The molecule has 2 aromatic heterocycles. The number of nitrogens with zero attached hydrogens (tertiary/aromatic N) is 4. The first-order chi connectivity index (χ1) is 13.8. The molecule has 0 aliphatic heterocycles. The summed E-state index contributed by atoms with van der Waals surface area (Å²) in [7, 11) is 0. The molecule has 0 aliphatic rings. The second-order valence-corrected chi connectivity index (χ2v) is 8.88. The Morgan fingerprint density at radius 1 is 1.03 bits per heavy atom. The van der Waals surface area contributed by atoms with Crippen LogP contribution in [0, 0.1) is 6.92 Å². The minimum absolute atomic E-state index is 0.0922. The van der Waals surface area contributed by atoms with E-state index in [4.69, 9.17) is 9.51 Å². The molecule has 2 aromatic carbocycles. The first-order valence-electron chi connectivity index (χ1n) is 9.37. The lowest BCUT2D eigenvalue weighted by Crippen LogP contribution is -2.21. The molecule has 6 nitrogen and oxygen atoms in total. The molecular weight excluding hydrogens is 384 g/mol. The van der Waals surface area contributed by atoms with Crippen LogP contribution in [0.25, 0.3) is 16.6 Å². The maximum atomic E-state index is 13.2. The van der Waals surface area contributed by atoms with Gasteiger partial charge in [0.2, 0.25) is 5.89 Å². The van der Waals surface area contributed by atoms with Gasteiger partial charge in [-0.3, -0.25) is 9.36 Å². The van der Waals surface area contributed by atoms with Crippen molar-refractivity contribution in [1.29, 1.82) is 0 Å². The largest absolute Gasteiger partial charge is 0.339 e. The zero-order valence-electron chi connectivity index (χ0n) is 16.8. The Balaban J connectivity index is 1.76. The number of aromatic nitrogens is 4. The summed E-state index contributed by atoms with van der Waals surface area (Å²) in [6.07, 6.45) is 0. The maximum Gasteiger partial charge on any atom is 0.266 e. The van der Waals surface area contributed by atoms with Crippen LogP contribution in [0.3, 0.4) is 0 Å². The molecule has 0 atom stereocenters. The van der Waals surface area contributed by atoms with Gasteiger partial charge in [-0.15, -0.1) is 0 Å². The number of aryl methyl sites for hydroxylation is 1. The van der Waals surface area contributed by atoms with E-state index in [9.17, 15) is 4.79 Å². The van der Waals surface area contributed by atoms with E-state index in [0.29, 0.717) is 33.5 Å². The molecule has 0 radical (unpaired) electrons. The van der Waals surface area contributed by atoms with E-state index in [1.54, 1.807) is 10.6 Å². The highest BCUT2D eigenvalue weighted by Gasteiger charge is 2.22. The zero-order chi connectivity index (χ0) is 20.6. The number of benzene rings is 2. The Morgan fingerprint density at radius 2 is 1.76 bits per heavy atom. The quantitative estimate of drug-likeness (QED) is 0.362. The third-order valence-electron chi connectivity index (χ3n) is 4.48. The minimum atomic E-state index is -0.207. The topological polar surface area (TPSA) is 73.8 Å². The zero-order valence-corrected chi connectivity index (χ0v) is 17.7. The van der Waals surface area contributed by atoms with Gasteiger partial charge in [0.15, 0.2) is 11.0 Å². The van der Waals surface area contributed by atoms with Gasteiger partial charge in [0.25, 0.3) is 5.56 Å². The molecule has 148 valence electrons. The lowest BCUT2D eigenvalue weighted by Gasteiger charge is -2.13. The summed E-state index contributed by atoms with van der Waals surface area (Å²) in [5, 5.41) is 5.26. The van der Waals surface area contributed by atoms with Crippen LogP contribution >= 0.6 is 11.8 Å². The summed E-state index contributed by atoms with van der Waals surface area (Å²) in [6.45, 7) is 8.09. The molecule has 0 saturated carbocycles. The fourth-order valence-corrected chi connectivity index (χ4v) is 3.73. The molecular formula is C22H22N4O2S. The third kappa shape index (κ3) is 3.96. The molecule has 4 rings (SSSR count). The SMILES string of the molecule is Cc1ccc(-n2c(SCc3noc(C(C)(C)C)n3)nc3ccccc3c2=O)cc1. The highest BCUT2D eigenvalue weighted by atomic mass is 32.2. The van der Waals surface area contributed by atoms with E-state index in [2.05, 4.69) is 10.1 Å². The van der Waals surface area contributed by atoms with Crippen molar-refractivity contribution in [3.8, 4) is 5.69 Å². The summed E-state index contributed by atoms with van der Waals surface area (Å²) in [5.74, 6) is 1.63. The van der Waals surface area contributed by atoms with Crippen LogP contribution in [-0.4, -0.2) is 19.7 Å². The number of fused-ring (bicyclic) bond motifs is 1. The number of thioether (sulfide) groups is 1. The molecule has 2 heterocycles. The number of para-hydroxylation sites is 1. The predicted octanol–water partition coefficient (Wildman–Crippen LogP) is 4.67. The molecule has 4 aromatic rings. The van der Waals surface area contributed by atoms with Crippen molar-refractivity contribution in [3.63, 3.8) is 0 Å². The van der Waals surface area contributed by atoms with Gasteiger partial charge in [0, 0.05) is 5.41 Å². The second-order valence-electron chi connectivity index (χ2n) is 7.94. The van der Waals surface area contributed by atoms with Gasteiger partial charge in [0.1, 0.15) is 0 Å².